The quantitative estimate of drug-likeness (QED) is 0.837. The van der Waals surface area contributed by atoms with E-state index in [-0.39, 0.29) is 17.4 Å². The standard InChI is InChI=1S/C20H20N4O4/c25-18(26)13-17-19(27)14-2-1-3-15(12-14)20(28)24(17)23-10-8-22(9-11-23)16-4-6-21-7-5-16/h1-7,12,27H,8-11,13H2,(H,25,26). The molecule has 144 valence electrons. The van der Waals surface area contributed by atoms with Gasteiger partial charge in [0.05, 0.1) is 12.1 Å². The Bertz CT molecular complexity index is 936. The molecule has 0 radical (unpaired) electrons. The summed E-state index contributed by atoms with van der Waals surface area (Å²) in [5.74, 6) is -1.61. The van der Waals surface area contributed by atoms with E-state index in [0.717, 1.165) is 5.69 Å². The minimum Gasteiger partial charge on any atom is -0.505 e. The Morgan fingerprint density at radius 1 is 1.04 bits per heavy atom. The van der Waals surface area contributed by atoms with E-state index < -0.39 is 12.4 Å². The number of hydrazine groups is 1. The molecule has 2 aliphatic heterocycles. The van der Waals surface area contributed by atoms with Gasteiger partial charge in [0, 0.05) is 55.4 Å². The third-order valence-electron chi connectivity index (χ3n) is 4.99. The Hall–Kier alpha value is -3.39. The number of carboxylic acid groups (broad SMARTS) is 1. The third-order valence-corrected chi connectivity index (χ3v) is 4.99. The number of piperazine rings is 1. The maximum atomic E-state index is 13.1. The number of pyridine rings is 1. The summed E-state index contributed by atoms with van der Waals surface area (Å²) in [6.45, 7) is 2.35. The highest BCUT2D eigenvalue weighted by atomic mass is 16.4. The first kappa shape index (κ1) is 18.0. The summed E-state index contributed by atoms with van der Waals surface area (Å²) in [6, 6.07) is 10.5. The highest BCUT2D eigenvalue weighted by Crippen LogP contribution is 2.30. The van der Waals surface area contributed by atoms with E-state index in [1.54, 1.807) is 36.7 Å². The highest BCUT2D eigenvalue weighted by Gasteiger charge is 2.34. The molecule has 8 nitrogen and oxygen atoms in total. The monoisotopic (exact) mass is 380 g/mol. The van der Waals surface area contributed by atoms with Crippen LogP contribution in [0.25, 0.3) is 5.76 Å². The first-order valence-corrected chi connectivity index (χ1v) is 9.03. The van der Waals surface area contributed by atoms with Crippen molar-refractivity contribution in [2.75, 3.05) is 31.1 Å². The van der Waals surface area contributed by atoms with Gasteiger partial charge in [0.25, 0.3) is 5.91 Å². The molecule has 1 amide bonds. The number of nitrogens with zero attached hydrogens (tertiary/aromatic N) is 4. The van der Waals surface area contributed by atoms with Crippen LogP contribution < -0.4 is 4.90 Å². The van der Waals surface area contributed by atoms with Crippen LogP contribution in [0.3, 0.4) is 0 Å². The molecule has 3 heterocycles. The number of aliphatic carboxylic acids is 1. The number of anilines is 1. The van der Waals surface area contributed by atoms with Gasteiger partial charge in [-0.2, -0.15) is 0 Å². The predicted octanol–water partition coefficient (Wildman–Crippen LogP) is 1.98. The minimum atomic E-state index is -1.11. The van der Waals surface area contributed by atoms with E-state index in [1.807, 2.05) is 17.1 Å². The first-order chi connectivity index (χ1) is 13.5. The molecule has 28 heavy (non-hydrogen) atoms. The minimum absolute atomic E-state index is 0.0936. The summed E-state index contributed by atoms with van der Waals surface area (Å²) in [6.07, 6.45) is 3.03. The van der Waals surface area contributed by atoms with E-state index in [0.29, 0.717) is 37.3 Å². The molecular formula is C20H20N4O4. The van der Waals surface area contributed by atoms with Crippen LogP contribution in [0, 0.1) is 0 Å². The summed E-state index contributed by atoms with van der Waals surface area (Å²) in [7, 11) is 0. The first-order valence-electron chi connectivity index (χ1n) is 9.03. The number of aliphatic hydroxyl groups is 1. The molecule has 2 N–H and O–H groups in total. The molecule has 0 saturated carbocycles. The SMILES string of the molecule is O=C(O)CC1=C(O)c2cccc(c2)C(=O)N1N1CCN(c2ccncc2)CC1. The van der Waals surface area contributed by atoms with E-state index in [9.17, 15) is 19.8 Å². The van der Waals surface area contributed by atoms with Crippen molar-refractivity contribution in [3.63, 3.8) is 0 Å². The number of hydrogen-bond donors (Lipinski definition) is 2. The van der Waals surface area contributed by atoms with Gasteiger partial charge in [0.15, 0.2) is 0 Å². The molecule has 0 atom stereocenters. The van der Waals surface area contributed by atoms with Crippen molar-refractivity contribution in [2.45, 2.75) is 6.42 Å². The van der Waals surface area contributed by atoms with Crippen LogP contribution in [0.4, 0.5) is 5.69 Å². The Kier molecular flexibility index (Phi) is 4.70. The van der Waals surface area contributed by atoms with Crippen LogP contribution in [-0.4, -0.2) is 63.3 Å². The van der Waals surface area contributed by atoms with Crippen LogP contribution in [0.2, 0.25) is 0 Å². The summed E-state index contributed by atoms with van der Waals surface area (Å²) in [5.41, 5.74) is 2.00. The lowest BCUT2D eigenvalue weighted by atomic mass is 10.1. The molecule has 2 aromatic rings. The van der Waals surface area contributed by atoms with Gasteiger partial charge in [-0.1, -0.05) is 12.1 Å². The number of benzene rings is 1. The summed E-state index contributed by atoms with van der Waals surface area (Å²) < 4.78 is 0. The van der Waals surface area contributed by atoms with Crippen LogP contribution in [-0.2, 0) is 4.79 Å². The van der Waals surface area contributed by atoms with E-state index >= 15 is 0 Å². The number of aromatic nitrogens is 1. The Morgan fingerprint density at radius 2 is 1.71 bits per heavy atom. The summed E-state index contributed by atoms with van der Waals surface area (Å²) >= 11 is 0. The second-order valence-corrected chi connectivity index (χ2v) is 6.71. The highest BCUT2D eigenvalue weighted by molar-refractivity contribution is 5.98. The largest absolute Gasteiger partial charge is 0.505 e. The van der Waals surface area contributed by atoms with Crippen molar-refractivity contribution in [3.8, 4) is 0 Å². The van der Waals surface area contributed by atoms with Gasteiger partial charge in [0.2, 0.25) is 0 Å². The summed E-state index contributed by atoms with van der Waals surface area (Å²) in [4.78, 5) is 30.8. The van der Waals surface area contributed by atoms with Crippen LogP contribution in [0.1, 0.15) is 22.3 Å². The van der Waals surface area contributed by atoms with E-state index in [2.05, 4.69) is 9.88 Å². The summed E-state index contributed by atoms with van der Waals surface area (Å²) in [5, 5.41) is 23.2. The maximum absolute atomic E-state index is 13.1. The average molecular weight is 380 g/mol. The van der Waals surface area contributed by atoms with Gasteiger partial charge in [-0.15, -0.1) is 0 Å². The zero-order valence-electron chi connectivity index (χ0n) is 15.2. The van der Waals surface area contributed by atoms with E-state index in [4.69, 9.17) is 0 Å². The maximum Gasteiger partial charge on any atom is 0.309 e. The molecule has 0 spiro atoms. The van der Waals surface area contributed by atoms with Gasteiger partial charge >= 0.3 is 5.97 Å². The van der Waals surface area contributed by atoms with Gasteiger partial charge in [-0.25, -0.2) is 10.0 Å². The van der Waals surface area contributed by atoms with Crippen molar-refractivity contribution < 1.29 is 19.8 Å². The van der Waals surface area contributed by atoms with Gasteiger partial charge in [-0.05, 0) is 24.3 Å². The van der Waals surface area contributed by atoms with Crippen molar-refractivity contribution in [1.29, 1.82) is 0 Å². The lowest BCUT2D eigenvalue weighted by Gasteiger charge is -2.42. The lowest BCUT2D eigenvalue weighted by molar-refractivity contribution is -0.136. The van der Waals surface area contributed by atoms with Crippen LogP contribution in [0.5, 0.6) is 0 Å². The lowest BCUT2D eigenvalue weighted by Crippen LogP contribution is -2.55. The number of carbonyl (C=O) groups excluding carboxylic acids is 1. The van der Waals surface area contributed by atoms with Crippen molar-refractivity contribution in [3.05, 3.63) is 65.6 Å². The second kappa shape index (κ2) is 7.32. The number of aliphatic hydroxyl groups excluding tert-OH is 1. The zero-order valence-corrected chi connectivity index (χ0v) is 15.2. The number of amides is 1. The normalized spacial score (nSPS) is 17.6. The molecule has 1 fully saturated rings. The zero-order chi connectivity index (χ0) is 19.7. The molecular weight excluding hydrogens is 360 g/mol. The number of rotatable bonds is 4. The topological polar surface area (TPSA) is 97.2 Å². The fraction of sp³-hybridized carbons (Fsp3) is 0.250. The molecule has 2 aliphatic rings. The number of fused-ring (bicyclic) bond motifs is 2. The number of carbonyl (C=O) groups is 2. The molecule has 1 aromatic heterocycles. The molecule has 0 unspecified atom stereocenters. The van der Waals surface area contributed by atoms with Crippen molar-refractivity contribution in [2.24, 2.45) is 0 Å². The Morgan fingerprint density at radius 3 is 2.39 bits per heavy atom. The van der Waals surface area contributed by atoms with Crippen molar-refractivity contribution in [1.82, 2.24) is 15.0 Å². The van der Waals surface area contributed by atoms with Gasteiger partial charge < -0.3 is 15.1 Å². The van der Waals surface area contributed by atoms with Crippen LogP contribution in [0.15, 0.2) is 54.5 Å². The Labute approximate surface area is 161 Å². The molecule has 1 aromatic carbocycles. The smallest absolute Gasteiger partial charge is 0.309 e. The van der Waals surface area contributed by atoms with Gasteiger partial charge in [0.1, 0.15) is 5.76 Å². The predicted molar refractivity (Wildman–Crippen MR) is 102 cm³/mol. The molecule has 0 aliphatic carbocycles. The fourth-order valence-corrected chi connectivity index (χ4v) is 3.62. The third kappa shape index (κ3) is 3.29. The molecule has 8 heteroatoms. The van der Waals surface area contributed by atoms with E-state index in [1.165, 1.54) is 5.01 Å². The molecule has 4 rings (SSSR count). The molecule has 2 bridgehead atoms. The van der Waals surface area contributed by atoms with Crippen LogP contribution >= 0.6 is 0 Å². The number of carboxylic acids is 1. The number of hydrogen-bond acceptors (Lipinski definition) is 6. The average Bonchev–Trinajstić information content (AvgIpc) is 2.79. The fourth-order valence-electron chi connectivity index (χ4n) is 3.62. The Balaban J connectivity index is 1.63. The second-order valence-electron chi connectivity index (χ2n) is 6.71. The van der Waals surface area contributed by atoms with Crippen molar-refractivity contribution >= 4 is 23.3 Å². The molecule has 1 saturated heterocycles. The van der Waals surface area contributed by atoms with Gasteiger partial charge in [-0.3, -0.25) is 14.6 Å².